The fourth-order valence-electron chi connectivity index (χ4n) is 2.01. The molecule has 2 rings (SSSR count). The third-order valence-electron chi connectivity index (χ3n) is 2.84. The van der Waals surface area contributed by atoms with Crippen molar-refractivity contribution in [1.82, 2.24) is 4.90 Å². The minimum Gasteiger partial charge on any atom is -0.478 e. The maximum absolute atomic E-state index is 10.8. The van der Waals surface area contributed by atoms with Crippen LogP contribution in [0.25, 0.3) is 0 Å². The van der Waals surface area contributed by atoms with Crippen LogP contribution in [0.3, 0.4) is 0 Å². The second kappa shape index (κ2) is 4.95. The van der Waals surface area contributed by atoms with E-state index in [1.807, 2.05) is 4.90 Å². The molecule has 1 unspecified atom stereocenters. The van der Waals surface area contributed by atoms with Crippen LogP contribution < -0.4 is 0 Å². The normalized spacial score (nSPS) is 17.5. The Morgan fingerprint density at radius 1 is 1.41 bits per heavy atom. The van der Waals surface area contributed by atoms with Crippen molar-refractivity contribution in [3.8, 4) is 0 Å². The summed E-state index contributed by atoms with van der Waals surface area (Å²) in [7, 11) is 0. The lowest BCUT2D eigenvalue weighted by Gasteiger charge is -2.27. The molecule has 0 saturated carbocycles. The molecule has 0 aromatic heterocycles. The molecule has 2 N–H and O–H groups in total. The molecule has 0 bridgehead atoms. The van der Waals surface area contributed by atoms with Gasteiger partial charge in [0.2, 0.25) is 0 Å². The number of rotatable bonds is 3. The Morgan fingerprint density at radius 2 is 2.18 bits per heavy atom. The summed E-state index contributed by atoms with van der Waals surface area (Å²) in [5.41, 5.74) is 2.35. The molecule has 0 amide bonds. The molecule has 1 aromatic carbocycles. The van der Waals surface area contributed by atoms with E-state index in [0.29, 0.717) is 25.1 Å². The van der Waals surface area contributed by atoms with Crippen LogP contribution in [0.1, 0.15) is 21.5 Å². The standard InChI is InChI=1S/C11H13NO4S/c13-11(14)9-1-2-10-6-12(7-17(15)16)4-3-8(10)5-9/h1-2,5H,3-4,6-7H2,(H,13,14)(H,15,16). The topological polar surface area (TPSA) is 77.8 Å². The summed E-state index contributed by atoms with van der Waals surface area (Å²) in [4.78, 5) is 12.7. The third-order valence-corrected chi connectivity index (χ3v) is 3.42. The van der Waals surface area contributed by atoms with Gasteiger partial charge in [-0.25, -0.2) is 9.00 Å². The van der Waals surface area contributed by atoms with Crippen LogP contribution in [0.15, 0.2) is 18.2 Å². The van der Waals surface area contributed by atoms with Crippen molar-refractivity contribution >= 4 is 17.0 Å². The van der Waals surface area contributed by atoms with Crippen molar-refractivity contribution in [1.29, 1.82) is 0 Å². The molecule has 5 nitrogen and oxygen atoms in total. The van der Waals surface area contributed by atoms with E-state index in [2.05, 4.69) is 0 Å². The van der Waals surface area contributed by atoms with Crippen molar-refractivity contribution in [3.05, 3.63) is 34.9 Å². The Kier molecular flexibility index (Phi) is 3.56. The van der Waals surface area contributed by atoms with Gasteiger partial charge in [0.15, 0.2) is 11.1 Å². The summed E-state index contributed by atoms with van der Waals surface area (Å²) in [6, 6.07) is 5.04. The third kappa shape index (κ3) is 2.91. The fourth-order valence-corrected chi connectivity index (χ4v) is 2.54. The smallest absolute Gasteiger partial charge is 0.335 e. The largest absolute Gasteiger partial charge is 0.478 e. The summed E-state index contributed by atoms with van der Waals surface area (Å²) in [6.45, 7) is 1.28. The SMILES string of the molecule is O=C(O)c1ccc2c(c1)CCN(CS(=O)O)C2. The van der Waals surface area contributed by atoms with Crippen LogP contribution in [-0.2, 0) is 24.0 Å². The number of fused-ring (bicyclic) bond motifs is 1. The first-order chi connectivity index (χ1) is 8.06. The van der Waals surface area contributed by atoms with Crippen LogP contribution in [0.2, 0.25) is 0 Å². The lowest BCUT2D eigenvalue weighted by molar-refractivity contribution is 0.0696. The van der Waals surface area contributed by atoms with E-state index in [1.54, 1.807) is 18.2 Å². The molecule has 0 radical (unpaired) electrons. The van der Waals surface area contributed by atoms with E-state index in [9.17, 15) is 9.00 Å². The van der Waals surface area contributed by atoms with Gasteiger partial charge in [-0.1, -0.05) is 6.07 Å². The highest BCUT2D eigenvalue weighted by Gasteiger charge is 2.18. The molecule has 1 aliphatic heterocycles. The predicted molar refractivity (Wildman–Crippen MR) is 63.2 cm³/mol. The summed E-state index contributed by atoms with van der Waals surface area (Å²) >= 11 is -1.82. The number of carbonyl (C=O) groups is 1. The van der Waals surface area contributed by atoms with Gasteiger partial charge in [-0.15, -0.1) is 0 Å². The highest BCUT2D eigenvalue weighted by Crippen LogP contribution is 2.20. The van der Waals surface area contributed by atoms with E-state index < -0.39 is 17.0 Å². The van der Waals surface area contributed by atoms with Gasteiger partial charge < -0.3 is 9.66 Å². The Hall–Kier alpha value is -1.24. The molecule has 6 heteroatoms. The van der Waals surface area contributed by atoms with Crippen LogP contribution in [-0.4, -0.2) is 37.2 Å². The highest BCUT2D eigenvalue weighted by molar-refractivity contribution is 7.79. The van der Waals surface area contributed by atoms with Crippen molar-refractivity contribution < 1.29 is 18.7 Å². The van der Waals surface area contributed by atoms with Crippen molar-refractivity contribution in [2.45, 2.75) is 13.0 Å². The molecule has 1 aliphatic rings. The maximum Gasteiger partial charge on any atom is 0.335 e. The zero-order chi connectivity index (χ0) is 12.4. The molecular formula is C11H13NO4S. The second-order valence-corrected chi connectivity index (χ2v) is 4.94. The Bertz CT molecular complexity index is 475. The molecule has 0 aliphatic carbocycles. The van der Waals surface area contributed by atoms with E-state index in [0.717, 1.165) is 11.1 Å². The van der Waals surface area contributed by atoms with Gasteiger partial charge in [-0.3, -0.25) is 4.90 Å². The van der Waals surface area contributed by atoms with Gasteiger partial charge >= 0.3 is 5.97 Å². The zero-order valence-electron chi connectivity index (χ0n) is 9.13. The number of benzene rings is 1. The molecule has 17 heavy (non-hydrogen) atoms. The number of carboxylic acid groups (broad SMARTS) is 1. The zero-order valence-corrected chi connectivity index (χ0v) is 9.94. The summed E-state index contributed by atoms with van der Waals surface area (Å²) in [5.74, 6) is -0.785. The average molecular weight is 255 g/mol. The summed E-state index contributed by atoms with van der Waals surface area (Å²) in [5, 5.41) is 8.87. The molecule has 0 saturated heterocycles. The molecule has 1 atom stereocenters. The number of nitrogens with zero attached hydrogens (tertiary/aromatic N) is 1. The summed E-state index contributed by atoms with van der Waals surface area (Å²) in [6.07, 6.45) is 0.716. The number of hydrogen-bond donors (Lipinski definition) is 2. The van der Waals surface area contributed by atoms with Gasteiger partial charge in [-0.2, -0.15) is 0 Å². The van der Waals surface area contributed by atoms with E-state index in [4.69, 9.17) is 9.66 Å². The lowest BCUT2D eigenvalue weighted by atomic mass is 9.98. The molecule has 1 aromatic rings. The van der Waals surface area contributed by atoms with E-state index >= 15 is 0 Å². The van der Waals surface area contributed by atoms with Crippen molar-refractivity contribution in [3.63, 3.8) is 0 Å². The van der Waals surface area contributed by atoms with Crippen molar-refractivity contribution in [2.75, 3.05) is 12.4 Å². The van der Waals surface area contributed by atoms with Crippen LogP contribution in [0, 0.1) is 0 Å². The first-order valence-corrected chi connectivity index (χ1v) is 6.49. The molecule has 92 valence electrons. The second-order valence-electron chi connectivity index (χ2n) is 4.04. The first-order valence-electron chi connectivity index (χ1n) is 5.21. The van der Waals surface area contributed by atoms with Gasteiger partial charge in [0, 0.05) is 13.1 Å². The molecule has 1 heterocycles. The summed E-state index contributed by atoms with van der Waals surface area (Å²) < 4.78 is 19.5. The molecular weight excluding hydrogens is 242 g/mol. The minimum absolute atomic E-state index is 0.139. The monoisotopic (exact) mass is 255 g/mol. The Labute approximate surface area is 101 Å². The van der Waals surface area contributed by atoms with Crippen LogP contribution in [0.5, 0.6) is 0 Å². The Balaban J connectivity index is 2.17. The highest BCUT2D eigenvalue weighted by atomic mass is 32.2. The van der Waals surface area contributed by atoms with Gasteiger partial charge in [0.25, 0.3) is 0 Å². The van der Waals surface area contributed by atoms with Gasteiger partial charge in [0.05, 0.1) is 5.56 Å². The van der Waals surface area contributed by atoms with Crippen LogP contribution in [0.4, 0.5) is 0 Å². The lowest BCUT2D eigenvalue weighted by Crippen LogP contribution is -2.33. The number of carboxylic acids is 1. The molecule has 0 fully saturated rings. The first kappa shape index (κ1) is 12.2. The number of hydrogen-bond acceptors (Lipinski definition) is 3. The minimum atomic E-state index is -1.82. The maximum atomic E-state index is 10.8. The van der Waals surface area contributed by atoms with Crippen molar-refractivity contribution in [2.24, 2.45) is 0 Å². The Morgan fingerprint density at radius 3 is 2.82 bits per heavy atom. The van der Waals surface area contributed by atoms with Gasteiger partial charge in [-0.05, 0) is 29.7 Å². The average Bonchev–Trinajstić information content (AvgIpc) is 2.27. The predicted octanol–water partition coefficient (Wildman–Crippen LogP) is 0.922. The fraction of sp³-hybridized carbons (Fsp3) is 0.364. The quantitative estimate of drug-likeness (QED) is 0.785. The molecule has 0 spiro atoms. The van der Waals surface area contributed by atoms with E-state index in [1.165, 1.54) is 0 Å². The van der Waals surface area contributed by atoms with Crippen LogP contribution >= 0.6 is 0 Å². The number of aromatic carboxylic acids is 1. The van der Waals surface area contributed by atoms with Gasteiger partial charge in [0.1, 0.15) is 5.88 Å². The van der Waals surface area contributed by atoms with E-state index in [-0.39, 0.29) is 5.88 Å².